The van der Waals surface area contributed by atoms with Crippen LogP contribution in [0.25, 0.3) is 0 Å². The first-order valence-electron chi connectivity index (χ1n) is 11.3. The van der Waals surface area contributed by atoms with Gasteiger partial charge in [0.2, 0.25) is 11.9 Å². The van der Waals surface area contributed by atoms with Gasteiger partial charge in [0.1, 0.15) is 0 Å². The zero-order valence-electron chi connectivity index (χ0n) is 18.0. The maximum atomic E-state index is 12.9. The van der Waals surface area contributed by atoms with Gasteiger partial charge in [0.05, 0.1) is 19.1 Å². The summed E-state index contributed by atoms with van der Waals surface area (Å²) >= 11 is 0. The van der Waals surface area contributed by atoms with Gasteiger partial charge in [-0.1, -0.05) is 6.92 Å². The number of carbonyl (C=O) groups excluding carboxylic acids is 1. The highest BCUT2D eigenvalue weighted by Gasteiger charge is 2.34. The third kappa shape index (κ3) is 4.72. The molecule has 0 aliphatic carbocycles. The Kier molecular flexibility index (Phi) is 6.65. The molecule has 1 aromatic rings. The molecule has 1 amide bonds. The van der Waals surface area contributed by atoms with Crippen LogP contribution in [0.5, 0.6) is 0 Å². The van der Waals surface area contributed by atoms with Gasteiger partial charge in [0.15, 0.2) is 0 Å². The molecule has 7 heteroatoms. The van der Waals surface area contributed by atoms with Crippen LogP contribution in [0.2, 0.25) is 0 Å². The number of carbonyl (C=O) groups is 1. The molecule has 0 N–H and O–H groups in total. The number of anilines is 1. The molecule has 4 rings (SSSR count). The van der Waals surface area contributed by atoms with Crippen LogP contribution in [-0.4, -0.2) is 84.2 Å². The molecule has 0 aromatic carbocycles. The van der Waals surface area contributed by atoms with Crippen LogP contribution in [0.15, 0.2) is 6.20 Å². The topological polar surface area (TPSA) is 61.8 Å². The summed E-state index contributed by atoms with van der Waals surface area (Å²) in [4.78, 5) is 29.2. The monoisotopic (exact) mass is 401 g/mol. The van der Waals surface area contributed by atoms with Crippen LogP contribution in [0.4, 0.5) is 5.95 Å². The minimum Gasteiger partial charge on any atom is -0.378 e. The van der Waals surface area contributed by atoms with Gasteiger partial charge < -0.3 is 14.5 Å². The van der Waals surface area contributed by atoms with Gasteiger partial charge >= 0.3 is 0 Å². The number of hydrogen-bond acceptors (Lipinski definition) is 6. The van der Waals surface area contributed by atoms with Crippen molar-refractivity contribution in [1.82, 2.24) is 19.8 Å². The highest BCUT2D eigenvalue weighted by atomic mass is 16.5. The van der Waals surface area contributed by atoms with Crippen LogP contribution in [0.3, 0.4) is 0 Å². The molecule has 3 aliphatic heterocycles. The van der Waals surface area contributed by atoms with E-state index in [1.165, 1.54) is 5.56 Å². The average Bonchev–Trinajstić information content (AvgIpc) is 2.80. The highest BCUT2D eigenvalue weighted by Crippen LogP contribution is 2.26. The second kappa shape index (κ2) is 9.39. The molecule has 0 saturated carbocycles. The van der Waals surface area contributed by atoms with E-state index in [-0.39, 0.29) is 5.92 Å². The van der Waals surface area contributed by atoms with Crippen molar-refractivity contribution in [3.8, 4) is 0 Å². The molecule has 29 heavy (non-hydrogen) atoms. The van der Waals surface area contributed by atoms with Gasteiger partial charge in [-0.3, -0.25) is 9.69 Å². The summed E-state index contributed by atoms with van der Waals surface area (Å²) in [7, 11) is 0. The number of rotatable bonds is 4. The number of aromatic nitrogens is 2. The molecule has 1 aromatic heterocycles. The Morgan fingerprint density at radius 3 is 2.62 bits per heavy atom. The van der Waals surface area contributed by atoms with E-state index in [0.717, 1.165) is 83.0 Å². The van der Waals surface area contributed by atoms with Crippen LogP contribution in [-0.2, 0) is 16.0 Å². The van der Waals surface area contributed by atoms with Crippen molar-refractivity contribution in [3.63, 3.8) is 0 Å². The van der Waals surface area contributed by atoms with Crippen molar-refractivity contribution in [3.05, 3.63) is 17.5 Å². The second-order valence-electron chi connectivity index (χ2n) is 8.64. The molecule has 160 valence electrons. The highest BCUT2D eigenvalue weighted by molar-refractivity contribution is 5.79. The second-order valence-corrected chi connectivity index (χ2v) is 8.64. The third-order valence-corrected chi connectivity index (χ3v) is 6.79. The van der Waals surface area contributed by atoms with E-state index in [1.807, 2.05) is 11.1 Å². The number of amides is 1. The number of piperidine rings is 2. The van der Waals surface area contributed by atoms with E-state index in [1.54, 1.807) is 0 Å². The molecule has 7 nitrogen and oxygen atoms in total. The first-order valence-corrected chi connectivity index (χ1v) is 11.3. The van der Waals surface area contributed by atoms with Crippen molar-refractivity contribution in [2.24, 2.45) is 5.92 Å². The first kappa shape index (κ1) is 20.5. The van der Waals surface area contributed by atoms with Crippen LogP contribution >= 0.6 is 0 Å². The Balaban J connectivity index is 1.31. The molecule has 0 radical (unpaired) electrons. The van der Waals surface area contributed by atoms with Gasteiger partial charge in [-0.2, -0.15) is 0 Å². The van der Waals surface area contributed by atoms with Crippen molar-refractivity contribution < 1.29 is 9.53 Å². The van der Waals surface area contributed by atoms with Gasteiger partial charge in [-0.05, 0) is 51.1 Å². The van der Waals surface area contributed by atoms with Crippen molar-refractivity contribution in [2.45, 2.75) is 52.0 Å². The molecule has 4 heterocycles. The SMILES string of the molecule is CCc1nc(N2CCC(N3CCC[C@@H](C(=O)N4CCOCC4)C3)CC2)ncc1C. The zero-order valence-corrected chi connectivity index (χ0v) is 18.0. The van der Waals surface area contributed by atoms with Crippen LogP contribution < -0.4 is 4.90 Å². The summed E-state index contributed by atoms with van der Waals surface area (Å²) in [6.45, 7) is 11.1. The summed E-state index contributed by atoms with van der Waals surface area (Å²) in [5.74, 6) is 1.38. The Hall–Kier alpha value is -1.73. The zero-order chi connectivity index (χ0) is 20.2. The largest absolute Gasteiger partial charge is 0.378 e. The van der Waals surface area contributed by atoms with Gasteiger partial charge in [-0.25, -0.2) is 9.97 Å². The summed E-state index contributed by atoms with van der Waals surface area (Å²) in [5.41, 5.74) is 2.33. The van der Waals surface area contributed by atoms with Crippen molar-refractivity contribution in [2.75, 3.05) is 57.4 Å². The number of aryl methyl sites for hydroxylation is 2. The van der Waals surface area contributed by atoms with Gasteiger partial charge in [0.25, 0.3) is 0 Å². The van der Waals surface area contributed by atoms with E-state index in [2.05, 4.69) is 28.6 Å². The lowest BCUT2D eigenvalue weighted by Gasteiger charge is -2.43. The standard InChI is InChI=1S/C22H35N5O2/c1-3-20-17(2)15-23-22(24-20)26-9-6-19(7-10-26)27-8-4-5-18(16-27)21(28)25-11-13-29-14-12-25/h15,18-19H,3-14,16H2,1-2H3/t18-/m1/s1. The van der Waals surface area contributed by atoms with E-state index in [4.69, 9.17) is 9.72 Å². The van der Waals surface area contributed by atoms with E-state index in [9.17, 15) is 4.79 Å². The molecule has 1 atom stereocenters. The number of ether oxygens (including phenoxy) is 1. The molecule has 0 spiro atoms. The lowest BCUT2D eigenvalue weighted by Crippen LogP contribution is -2.52. The molecule has 0 unspecified atom stereocenters. The minimum atomic E-state index is 0.160. The van der Waals surface area contributed by atoms with E-state index in [0.29, 0.717) is 25.2 Å². The molecule has 3 saturated heterocycles. The lowest BCUT2D eigenvalue weighted by atomic mass is 9.92. The Morgan fingerprint density at radius 2 is 1.90 bits per heavy atom. The predicted octanol–water partition coefficient (Wildman–Crippen LogP) is 1.89. The van der Waals surface area contributed by atoms with E-state index >= 15 is 0 Å². The van der Waals surface area contributed by atoms with Gasteiger partial charge in [-0.15, -0.1) is 0 Å². The van der Waals surface area contributed by atoms with Crippen molar-refractivity contribution in [1.29, 1.82) is 0 Å². The predicted molar refractivity (Wildman–Crippen MR) is 113 cm³/mol. The molecule has 3 fully saturated rings. The Bertz CT molecular complexity index is 698. The number of morpholine rings is 1. The number of likely N-dealkylation sites (tertiary alicyclic amines) is 1. The average molecular weight is 402 g/mol. The summed E-state index contributed by atoms with van der Waals surface area (Å²) in [5, 5.41) is 0. The first-order chi connectivity index (χ1) is 14.2. The van der Waals surface area contributed by atoms with Gasteiger partial charge in [0, 0.05) is 50.7 Å². The minimum absolute atomic E-state index is 0.160. The molecule has 3 aliphatic rings. The number of nitrogens with zero attached hydrogens (tertiary/aromatic N) is 5. The molecular weight excluding hydrogens is 366 g/mol. The fourth-order valence-corrected chi connectivity index (χ4v) is 4.99. The third-order valence-electron chi connectivity index (χ3n) is 6.79. The normalized spacial score (nSPS) is 24.7. The summed E-state index contributed by atoms with van der Waals surface area (Å²) < 4.78 is 5.40. The Morgan fingerprint density at radius 1 is 1.14 bits per heavy atom. The summed E-state index contributed by atoms with van der Waals surface area (Å²) in [6, 6.07) is 0.572. The lowest BCUT2D eigenvalue weighted by molar-refractivity contribution is -0.141. The fourth-order valence-electron chi connectivity index (χ4n) is 4.99. The molecular formula is C22H35N5O2. The maximum absolute atomic E-state index is 12.9. The number of hydrogen-bond donors (Lipinski definition) is 0. The smallest absolute Gasteiger partial charge is 0.227 e. The van der Waals surface area contributed by atoms with Crippen LogP contribution in [0.1, 0.15) is 43.9 Å². The summed E-state index contributed by atoms with van der Waals surface area (Å²) in [6.07, 6.45) is 7.31. The van der Waals surface area contributed by atoms with Crippen molar-refractivity contribution >= 4 is 11.9 Å². The quantitative estimate of drug-likeness (QED) is 0.768. The molecule has 0 bridgehead atoms. The fraction of sp³-hybridized carbons (Fsp3) is 0.773. The maximum Gasteiger partial charge on any atom is 0.227 e. The van der Waals surface area contributed by atoms with E-state index < -0.39 is 0 Å². The van der Waals surface area contributed by atoms with Crippen LogP contribution in [0, 0.1) is 12.8 Å². The Labute approximate surface area is 174 Å².